The SMILES string of the molecule is CCCN1C(C#N)=C(Cl)CC1c1ccccc1. The monoisotopic (exact) mass is 246 g/mol. The van der Waals surface area contributed by atoms with Crippen LogP contribution in [-0.2, 0) is 0 Å². The minimum atomic E-state index is 0.221. The summed E-state index contributed by atoms with van der Waals surface area (Å²) >= 11 is 6.17. The van der Waals surface area contributed by atoms with Crippen molar-refractivity contribution < 1.29 is 0 Å². The summed E-state index contributed by atoms with van der Waals surface area (Å²) in [5.74, 6) is 0. The van der Waals surface area contributed by atoms with Crippen LogP contribution in [0.4, 0.5) is 0 Å². The van der Waals surface area contributed by atoms with Crippen molar-refractivity contribution in [2.75, 3.05) is 6.54 Å². The minimum absolute atomic E-state index is 0.221. The topological polar surface area (TPSA) is 27.0 Å². The largest absolute Gasteiger partial charge is 0.355 e. The molecule has 17 heavy (non-hydrogen) atoms. The molecule has 0 N–H and O–H groups in total. The van der Waals surface area contributed by atoms with Crippen molar-refractivity contribution in [3.63, 3.8) is 0 Å². The third kappa shape index (κ3) is 2.30. The van der Waals surface area contributed by atoms with E-state index >= 15 is 0 Å². The fourth-order valence-corrected chi connectivity index (χ4v) is 2.59. The second-order valence-electron chi connectivity index (χ2n) is 4.19. The number of benzene rings is 1. The van der Waals surface area contributed by atoms with E-state index in [2.05, 4.69) is 30.0 Å². The molecule has 1 aromatic carbocycles. The van der Waals surface area contributed by atoms with Crippen LogP contribution in [0, 0.1) is 11.3 Å². The van der Waals surface area contributed by atoms with Gasteiger partial charge < -0.3 is 4.90 Å². The molecular weight excluding hydrogens is 232 g/mol. The van der Waals surface area contributed by atoms with Crippen molar-refractivity contribution in [3.8, 4) is 6.07 Å². The second-order valence-corrected chi connectivity index (χ2v) is 4.65. The maximum Gasteiger partial charge on any atom is 0.131 e. The number of nitrogens with zero attached hydrogens (tertiary/aromatic N) is 2. The maximum absolute atomic E-state index is 9.16. The first kappa shape index (κ1) is 12.0. The fourth-order valence-electron chi connectivity index (χ4n) is 2.29. The van der Waals surface area contributed by atoms with E-state index in [4.69, 9.17) is 16.9 Å². The number of rotatable bonds is 3. The molecule has 0 saturated carbocycles. The van der Waals surface area contributed by atoms with Gasteiger partial charge in [-0.25, -0.2) is 0 Å². The molecule has 2 rings (SSSR count). The molecule has 1 aliphatic rings. The molecule has 0 fully saturated rings. The molecule has 1 unspecified atom stereocenters. The second kappa shape index (κ2) is 5.25. The van der Waals surface area contributed by atoms with E-state index in [1.54, 1.807) is 0 Å². The maximum atomic E-state index is 9.16. The van der Waals surface area contributed by atoms with Crippen LogP contribution in [0.3, 0.4) is 0 Å². The van der Waals surface area contributed by atoms with Crippen molar-refractivity contribution in [2.24, 2.45) is 0 Å². The number of nitriles is 1. The lowest BCUT2D eigenvalue weighted by Crippen LogP contribution is -2.24. The standard InChI is InChI=1S/C14H15ClN2/c1-2-8-17-13(9-12(15)14(17)10-16)11-6-4-3-5-7-11/h3-7,13H,2,8-9H2,1H3. The first-order valence-corrected chi connectivity index (χ1v) is 6.26. The predicted octanol–water partition coefficient (Wildman–Crippen LogP) is 3.82. The number of hydrogen-bond acceptors (Lipinski definition) is 2. The summed E-state index contributed by atoms with van der Waals surface area (Å²) in [6.45, 7) is 2.99. The van der Waals surface area contributed by atoms with E-state index in [-0.39, 0.29) is 6.04 Å². The Hall–Kier alpha value is -1.46. The normalized spacial score (nSPS) is 19.6. The highest BCUT2D eigenvalue weighted by atomic mass is 35.5. The summed E-state index contributed by atoms with van der Waals surface area (Å²) in [6, 6.07) is 12.7. The van der Waals surface area contributed by atoms with Crippen LogP contribution in [0.25, 0.3) is 0 Å². The molecule has 0 radical (unpaired) electrons. The van der Waals surface area contributed by atoms with Gasteiger partial charge in [0, 0.05) is 13.0 Å². The Balaban J connectivity index is 2.30. The van der Waals surface area contributed by atoms with E-state index in [0.29, 0.717) is 10.7 Å². The Morgan fingerprint density at radius 1 is 1.41 bits per heavy atom. The van der Waals surface area contributed by atoms with E-state index in [1.807, 2.05) is 18.2 Å². The van der Waals surface area contributed by atoms with Gasteiger partial charge in [-0.1, -0.05) is 48.9 Å². The van der Waals surface area contributed by atoms with Gasteiger partial charge in [-0.15, -0.1) is 0 Å². The smallest absolute Gasteiger partial charge is 0.131 e. The van der Waals surface area contributed by atoms with E-state index in [1.165, 1.54) is 5.56 Å². The van der Waals surface area contributed by atoms with E-state index in [9.17, 15) is 0 Å². The molecule has 1 aromatic rings. The third-order valence-corrected chi connectivity index (χ3v) is 3.38. The molecule has 1 heterocycles. The molecule has 0 bridgehead atoms. The molecule has 1 atom stereocenters. The lowest BCUT2D eigenvalue weighted by molar-refractivity contribution is 0.291. The molecule has 0 aromatic heterocycles. The Bertz CT molecular complexity index is 459. The van der Waals surface area contributed by atoms with Gasteiger partial charge in [0.25, 0.3) is 0 Å². The van der Waals surface area contributed by atoms with Gasteiger partial charge in [0.2, 0.25) is 0 Å². The highest BCUT2D eigenvalue weighted by molar-refractivity contribution is 6.30. The molecule has 1 aliphatic heterocycles. The number of allylic oxidation sites excluding steroid dienone is 1. The van der Waals surface area contributed by atoms with Crippen LogP contribution >= 0.6 is 11.6 Å². The highest BCUT2D eigenvalue weighted by Gasteiger charge is 2.31. The van der Waals surface area contributed by atoms with Crippen LogP contribution in [-0.4, -0.2) is 11.4 Å². The zero-order chi connectivity index (χ0) is 12.3. The zero-order valence-corrected chi connectivity index (χ0v) is 10.6. The van der Waals surface area contributed by atoms with Crippen molar-refractivity contribution in [1.29, 1.82) is 5.26 Å². The molecule has 0 saturated heterocycles. The van der Waals surface area contributed by atoms with Gasteiger partial charge >= 0.3 is 0 Å². The van der Waals surface area contributed by atoms with Gasteiger partial charge in [-0.3, -0.25) is 0 Å². The predicted molar refractivity (Wildman–Crippen MR) is 69.3 cm³/mol. The molecule has 0 spiro atoms. The van der Waals surface area contributed by atoms with Gasteiger partial charge in [0.1, 0.15) is 11.8 Å². The van der Waals surface area contributed by atoms with Crippen molar-refractivity contribution in [2.45, 2.75) is 25.8 Å². The fraction of sp³-hybridized carbons (Fsp3) is 0.357. The lowest BCUT2D eigenvalue weighted by Gasteiger charge is -2.27. The average Bonchev–Trinajstić information content (AvgIpc) is 2.67. The summed E-state index contributed by atoms with van der Waals surface area (Å²) in [7, 11) is 0. The third-order valence-electron chi connectivity index (χ3n) is 3.05. The molecular formula is C14H15ClN2. The summed E-state index contributed by atoms with van der Waals surface area (Å²) < 4.78 is 0. The van der Waals surface area contributed by atoms with Gasteiger partial charge in [0.05, 0.1) is 11.1 Å². The Kier molecular flexibility index (Phi) is 3.71. The number of halogens is 1. The van der Waals surface area contributed by atoms with Crippen LogP contribution in [0.5, 0.6) is 0 Å². The van der Waals surface area contributed by atoms with Gasteiger partial charge in [-0.2, -0.15) is 5.26 Å². The Labute approximate surface area is 107 Å². The van der Waals surface area contributed by atoms with Gasteiger partial charge in [-0.05, 0) is 12.0 Å². The summed E-state index contributed by atoms with van der Waals surface area (Å²) in [5.41, 5.74) is 1.87. The van der Waals surface area contributed by atoms with Gasteiger partial charge in [0.15, 0.2) is 0 Å². The first-order chi connectivity index (χ1) is 8.27. The van der Waals surface area contributed by atoms with Crippen LogP contribution in [0.1, 0.15) is 31.4 Å². The van der Waals surface area contributed by atoms with E-state index in [0.717, 1.165) is 19.4 Å². The molecule has 3 heteroatoms. The zero-order valence-electron chi connectivity index (χ0n) is 9.86. The van der Waals surface area contributed by atoms with Crippen molar-refractivity contribution in [1.82, 2.24) is 4.90 Å². The molecule has 88 valence electrons. The van der Waals surface area contributed by atoms with Crippen molar-refractivity contribution >= 4 is 11.6 Å². The lowest BCUT2D eigenvalue weighted by atomic mass is 10.0. The quantitative estimate of drug-likeness (QED) is 0.811. The van der Waals surface area contributed by atoms with Crippen LogP contribution in [0.15, 0.2) is 41.1 Å². The van der Waals surface area contributed by atoms with E-state index < -0.39 is 0 Å². The summed E-state index contributed by atoms with van der Waals surface area (Å²) in [5, 5.41) is 9.85. The summed E-state index contributed by atoms with van der Waals surface area (Å²) in [4.78, 5) is 2.12. The molecule has 2 nitrogen and oxygen atoms in total. The first-order valence-electron chi connectivity index (χ1n) is 5.88. The highest BCUT2D eigenvalue weighted by Crippen LogP contribution is 2.40. The summed E-state index contributed by atoms with van der Waals surface area (Å²) in [6.07, 6.45) is 1.76. The Morgan fingerprint density at radius 3 is 2.71 bits per heavy atom. The minimum Gasteiger partial charge on any atom is -0.355 e. The van der Waals surface area contributed by atoms with Crippen LogP contribution in [0.2, 0.25) is 0 Å². The molecule has 0 aliphatic carbocycles. The Morgan fingerprint density at radius 2 is 2.12 bits per heavy atom. The number of hydrogen-bond donors (Lipinski definition) is 0. The molecule has 0 amide bonds. The van der Waals surface area contributed by atoms with Crippen molar-refractivity contribution in [3.05, 3.63) is 46.6 Å². The van der Waals surface area contributed by atoms with Crippen LogP contribution < -0.4 is 0 Å². The average molecular weight is 247 g/mol.